The molecule has 31 heavy (non-hydrogen) atoms. The van der Waals surface area contributed by atoms with E-state index < -0.39 is 5.30 Å². The third-order valence-electron chi connectivity index (χ3n) is 4.75. The summed E-state index contributed by atoms with van der Waals surface area (Å²) in [6.45, 7) is 1.95. The Morgan fingerprint density at radius 3 is 2.45 bits per heavy atom. The predicted molar refractivity (Wildman–Crippen MR) is 121 cm³/mol. The van der Waals surface area contributed by atoms with Crippen LogP contribution in [0.3, 0.4) is 0 Å². The van der Waals surface area contributed by atoms with Gasteiger partial charge in [0.15, 0.2) is 5.82 Å². The highest BCUT2D eigenvalue weighted by Gasteiger charge is 2.13. The lowest BCUT2D eigenvalue weighted by Crippen LogP contribution is -2.37. The van der Waals surface area contributed by atoms with Crippen molar-refractivity contribution in [2.45, 2.75) is 12.2 Å². The van der Waals surface area contributed by atoms with E-state index in [1.165, 1.54) is 0 Å². The monoisotopic (exact) mass is 403 g/mol. The molecule has 2 aromatic carbocycles. The Morgan fingerprint density at radius 2 is 1.81 bits per heavy atom. The van der Waals surface area contributed by atoms with Crippen LogP contribution in [0.5, 0.6) is 5.75 Å². The van der Waals surface area contributed by atoms with Crippen molar-refractivity contribution in [3.63, 3.8) is 0 Å². The van der Waals surface area contributed by atoms with Crippen LogP contribution in [0.4, 0.5) is 5.82 Å². The number of imidazole rings is 1. The van der Waals surface area contributed by atoms with Crippen LogP contribution in [0, 0.1) is 6.92 Å². The van der Waals surface area contributed by atoms with Gasteiger partial charge >= 0.3 is 0 Å². The van der Waals surface area contributed by atoms with Crippen molar-refractivity contribution in [3.05, 3.63) is 66.1 Å². The molecule has 4 rings (SSSR count). The molecule has 4 aromatic rings. The molecule has 0 saturated carbocycles. The summed E-state index contributed by atoms with van der Waals surface area (Å²) < 4.78 is 7.14. The number of carbonyl (C=O) groups is 1. The molecule has 0 aliphatic heterocycles. The van der Waals surface area contributed by atoms with E-state index in [1.54, 1.807) is 30.3 Å². The zero-order valence-corrected chi connectivity index (χ0v) is 17.0. The zero-order valence-electron chi connectivity index (χ0n) is 17.0. The van der Waals surface area contributed by atoms with E-state index in [-0.39, 0.29) is 5.91 Å². The van der Waals surface area contributed by atoms with E-state index >= 15 is 0 Å². The van der Waals surface area contributed by atoms with Crippen molar-refractivity contribution in [1.82, 2.24) is 19.7 Å². The quantitative estimate of drug-likeness (QED) is 0.517. The minimum atomic E-state index is -1.79. The molecule has 0 fully saturated rings. The Morgan fingerprint density at radius 1 is 1.06 bits per heavy atom. The first-order valence-corrected chi connectivity index (χ1v) is 9.43. The molecule has 146 valence electrons. The number of aryl methyl sites for hydroxylation is 1. The summed E-state index contributed by atoms with van der Waals surface area (Å²) in [4.78, 5) is 16.9. The highest BCUT2D eigenvalue weighted by Crippen LogP contribution is 2.25. The second-order valence-corrected chi connectivity index (χ2v) is 7.19. The molecule has 0 unspecified atom stereocenters. The normalized spacial score (nSPS) is 11.4. The van der Waals surface area contributed by atoms with Gasteiger partial charge in [-0.3, -0.25) is 4.79 Å². The Labute approximate surface area is 183 Å². The van der Waals surface area contributed by atoms with Crippen molar-refractivity contribution in [2.24, 2.45) is 7.05 Å². The van der Waals surface area contributed by atoms with Crippen molar-refractivity contribution in [3.8, 4) is 17.0 Å². The summed E-state index contributed by atoms with van der Waals surface area (Å²) >= 11 is 0. The van der Waals surface area contributed by atoms with Gasteiger partial charge in [-0.1, -0.05) is 6.07 Å². The molecular weight excluding hydrogens is 387 g/mol. The molecule has 0 saturated heterocycles. The second-order valence-electron chi connectivity index (χ2n) is 7.19. The molecule has 10 heteroatoms. The third-order valence-corrected chi connectivity index (χ3v) is 4.75. The molecule has 0 aliphatic carbocycles. The summed E-state index contributed by atoms with van der Waals surface area (Å²) in [5, 5.41) is 10.1. The lowest BCUT2D eigenvalue weighted by atomic mass is 9.52. The van der Waals surface area contributed by atoms with E-state index in [9.17, 15) is 4.79 Å². The molecule has 1 amide bonds. The molecule has 2 heterocycles. The number of hydrogen-bond donors (Lipinski definition) is 1. The minimum absolute atomic E-state index is 0.334. The Kier molecular flexibility index (Phi) is 5.31. The van der Waals surface area contributed by atoms with Gasteiger partial charge in [0.1, 0.15) is 35.1 Å². The van der Waals surface area contributed by atoms with E-state index in [1.807, 2.05) is 42.9 Å². The number of nitrogens with one attached hydrogen (secondary N) is 1. The summed E-state index contributed by atoms with van der Waals surface area (Å²) in [5.41, 5.74) is 3.09. The molecule has 0 aliphatic rings. The number of carbonyl (C=O) groups excluding carboxylic acids is 1. The fourth-order valence-corrected chi connectivity index (χ4v) is 3.10. The smallest absolute Gasteiger partial charge is 0.256 e. The van der Waals surface area contributed by atoms with Gasteiger partial charge in [0.2, 0.25) is 0 Å². The fraction of sp³-hybridized carbons (Fsp3) is 0.143. The summed E-state index contributed by atoms with van der Waals surface area (Å²) in [6, 6.07) is 13.8. The number of anilines is 1. The number of aromatic nitrogens is 4. The average Bonchev–Trinajstić information content (AvgIpc) is 3.05. The molecule has 2 aromatic heterocycles. The van der Waals surface area contributed by atoms with Gasteiger partial charge in [0.25, 0.3) is 5.91 Å². The molecule has 1 N–H and O–H groups in total. The minimum Gasteiger partial charge on any atom is -0.516 e. The topological polar surface area (TPSA) is 81.9 Å². The number of hydrogen-bond acceptors (Lipinski definition) is 5. The molecule has 6 radical (unpaired) electrons. The van der Waals surface area contributed by atoms with Gasteiger partial charge in [-0.2, -0.15) is 0 Å². The maximum atomic E-state index is 12.6. The molecule has 0 spiro atoms. The number of amides is 1. The first-order valence-electron chi connectivity index (χ1n) is 9.43. The van der Waals surface area contributed by atoms with Crippen molar-refractivity contribution < 1.29 is 9.53 Å². The summed E-state index contributed by atoms with van der Waals surface area (Å²) in [7, 11) is 18.2. The third kappa shape index (κ3) is 4.63. The molecular formula is C21H16B3N5O2. The first-order chi connectivity index (χ1) is 14.7. The maximum Gasteiger partial charge on any atom is 0.256 e. The molecule has 7 nitrogen and oxygen atoms in total. The van der Waals surface area contributed by atoms with Crippen LogP contribution in [0.1, 0.15) is 16.2 Å². The highest BCUT2D eigenvalue weighted by atomic mass is 16.5. The van der Waals surface area contributed by atoms with Crippen molar-refractivity contribution in [1.29, 1.82) is 0 Å². The van der Waals surface area contributed by atoms with Crippen molar-refractivity contribution in [2.75, 3.05) is 5.32 Å². The number of benzene rings is 2. The van der Waals surface area contributed by atoms with E-state index in [2.05, 4.69) is 20.5 Å². The van der Waals surface area contributed by atoms with Crippen LogP contribution < -0.4 is 10.1 Å². The van der Waals surface area contributed by atoms with Crippen LogP contribution in [-0.2, 0) is 7.05 Å². The van der Waals surface area contributed by atoms with Gasteiger partial charge in [0.05, 0.1) is 17.4 Å². The Hall–Kier alpha value is -3.55. The van der Waals surface area contributed by atoms with Gasteiger partial charge in [0, 0.05) is 23.6 Å². The maximum absolute atomic E-state index is 12.6. The highest BCUT2D eigenvalue weighted by molar-refractivity contribution is 6.58. The van der Waals surface area contributed by atoms with Crippen LogP contribution in [0.25, 0.3) is 22.2 Å². The second kappa shape index (κ2) is 7.94. The Balaban J connectivity index is 1.55. The predicted octanol–water partition coefficient (Wildman–Crippen LogP) is 2.09. The largest absolute Gasteiger partial charge is 0.516 e. The van der Waals surface area contributed by atoms with Crippen molar-refractivity contribution >= 4 is 46.2 Å². The van der Waals surface area contributed by atoms with Crippen LogP contribution in [-0.4, -0.2) is 54.5 Å². The SMILES string of the molecule is [B]C([B])([B])Oc1ccc(C(=O)Nc2cc3cc(-c4cnc(C)n4C)ccc3nn2)cc1. The van der Waals surface area contributed by atoms with E-state index in [0.717, 1.165) is 28.0 Å². The fourth-order valence-electron chi connectivity index (χ4n) is 3.10. The zero-order chi connectivity index (χ0) is 22.2. The lowest BCUT2D eigenvalue weighted by Gasteiger charge is -2.23. The van der Waals surface area contributed by atoms with E-state index in [0.29, 0.717) is 17.1 Å². The van der Waals surface area contributed by atoms with Crippen LogP contribution in [0.2, 0.25) is 0 Å². The summed E-state index contributed by atoms with van der Waals surface area (Å²) in [6.07, 6.45) is 1.82. The standard InChI is InChI=1S/C21H16B3N5O2/c1-12-25-11-18(29(12)2)14-5-8-17-15(9-14)10-19(28-27-17)26-20(30)13-3-6-16(7-4-13)31-21(22,23)24/h3-11H,1-2H3,(H,26,28,30). The Bertz CT molecular complexity index is 1270. The number of fused-ring (bicyclic) bond motifs is 1. The van der Waals surface area contributed by atoms with Gasteiger partial charge < -0.3 is 14.6 Å². The van der Waals surface area contributed by atoms with Crippen LogP contribution in [0.15, 0.2) is 54.7 Å². The van der Waals surface area contributed by atoms with Gasteiger partial charge in [-0.25, -0.2) is 4.98 Å². The average molecular weight is 403 g/mol. The van der Waals surface area contributed by atoms with Crippen LogP contribution >= 0.6 is 0 Å². The van der Waals surface area contributed by atoms with E-state index in [4.69, 9.17) is 28.3 Å². The van der Waals surface area contributed by atoms with Gasteiger partial charge in [-0.05, 0) is 54.7 Å². The first kappa shape index (κ1) is 20.7. The molecule has 0 bridgehead atoms. The number of nitrogens with zero attached hydrogens (tertiary/aromatic N) is 4. The number of rotatable bonds is 5. The lowest BCUT2D eigenvalue weighted by molar-refractivity contribution is 0.102. The summed E-state index contributed by atoms with van der Waals surface area (Å²) in [5.74, 6) is 1.24. The number of ether oxygens (including phenoxy) is 1. The van der Waals surface area contributed by atoms with Gasteiger partial charge in [-0.15, -0.1) is 10.2 Å². The molecule has 0 atom stereocenters.